The van der Waals surface area contributed by atoms with Crippen LogP contribution >= 0.6 is 0 Å². The molecule has 17 heavy (non-hydrogen) atoms. The number of carbonyl (C=O) groups excluding carboxylic acids is 4. The van der Waals surface area contributed by atoms with Gasteiger partial charge in [0.05, 0.1) is 0 Å². The molecule has 0 aliphatic carbocycles. The van der Waals surface area contributed by atoms with Crippen LogP contribution in [-0.4, -0.2) is 35.2 Å². The SMILES string of the molecule is CC(C)C1C(=O)NC(=O)N(CCC(N)=O)C1=O. The van der Waals surface area contributed by atoms with E-state index in [0.29, 0.717) is 0 Å². The van der Waals surface area contributed by atoms with Crippen molar-refractivity contribution in [3.63, 3.8) is 0 Å². The second kappa shape index (κ2) is 4.94. The number of hydrogen-bond donors (Lipinski definition) is 2. The Morgan fingerprint density at radius 2 is 2.00 bits per heavy atom. The first-order chi connectivity index (χ1) is 7.84. The lowest BCUT2D eigenvalue weighted by Crippen LogP contribution is -2.59. The molecule has 0 saturated carbocycles. The lowest BCUT2D eigenvalue weighted by molar-refractivity contribution is -0.144. The Labute approximate surface area is 98.3 Å². The van der Waals surface area contributed by atoms with Crippen LogP contribution in [0.4, 0.5) is 4.79 Å². The van der Waals surface area contributed by atoms with Gasteiger partial charge in [-0.3, -0.25) is 24.6 Å². The molecule has 1 unspecified atom stereocenters. The number of urea groups is 1. The summed E-state index contributed by atoms with van der Waals surface area (Å²) >= 11 is 0. The summed E-state index contributed by atoms with van der Waals surface area (Å²) in [5.41, 5.74) is 4.95. The van der Waals surface area contributed by atoms with Crippen molar-refractivity contribution in [2.45, 2.75) is 20.3 Å². The summed E-state index contributed by atoms with van der Waals surface area (Å²) in [4.78, 5) is 46.3. The fourth-order valence-corrected chi connectivity index (χ4v) is 1.65. The van der Waals surface area contributed by atoms with Crippen LogP contribution in [0.5, 0.6) is 0 Å². The molecule has 0 aromatic carbocycles. The average molecular weight is 241 g/mol. The molecule has 94 valence electrons. The number of hydrogen-bond acceptors (Lipinski definition) is 4. The van der Waals surface area contributed by atoms with Crippen LogP contribution in [-0.2, 0) is 14.4 Å². The maximum absolute atomic E-state index is 11.9. The number of imide groups is 2. The van der Waals surface area contributed by atoms with E-state index in [2.05, 4.69) is 5.32 Å². The van der Waals surface area contributed by atoms with Gasteiger partial charge >= 0.3 is 6.03 Å². The number of nitrogens with one attached hydrogen (secondary N) is 1. The molecule has 1 rings (SSSR count). The average Bonchev–Trinajstić information content (AvgIpc) is 2.14. The Morgan fingerprint density at radius 1 is 1.41 bits per heavy atom. The molecule has 3 N–H and O–H groups in total. The zero-order valence-electron chi connectivity index (χ0n) is 9.73. The van der Waals surface area contributed by atoms with Crippen LogP contribution < -0.4 is 11.1 Å². The molecule has 1 heterocycles. The molecule has 0 bridgehead atoms. The van der Waals surface area contributed by atoms with Crippen LogP contribution in [0.15, 0.2) is 0 Å². The fraction of sp³-hybridized carbons (Fsp3) is 0.600. The van der Waals surface area contributed by atoms with Gasteiger partial charge in [-0.25, -0.2) is 4.79 Å². The number of nitrogens with two attached hydrogens (primary N) is 1. The van der Waals surface area contributed by atoms with Crippen molar-refractivity contribution in [2.75, 3.05) is 6.54 Å². The number of barbiturate groups is 1. The van der Waals surface area contributed by atoms with Gasteiger partial charge in [0, 0.05) is 13.0 Å². The van der Waals surface area contributed by atoms with Crippen LogP contribution in [0.2, 0.25) is 0 Å². The smallest absolute Gasteiger partial charge is 0.330 e. The highest BCUT2D eigenvalue weighted by atomic mass is 16.2. The summed E-state index contributed by atoms with van der Waals surface area (Å²) < 4.78 is 0. The standard InChI is InChI=1S/C10H15N3O4/c1-5(2)7-8(15)12-10(17)13(9(7)16)4-3-6(11)14/h5,7H,3-4H2,1-2H3,(H2,11,14)(H,12,15,17). The topological polar surface area (TPSA) is 110 Å². The molecule has 7 nitrogen and oxygen atoms in total. The van der Waals surface area contributed by atoms with Gasteiger partial charge in [-0.1, -0.05) is 13.8 Å². The van der Waals surface area contributed by atoms with Crippen LogP contribution in [0.25, 0.3) is 0 Å². The molecule has 1 aliphatic heterocycles. The van der Waals surface area contributed by atoms with E-state index in [0.717, 1.165) is 4.90 Å². The normalized spacial score (nSPS) is 20.8. The van der Waals surface area contributed by atoms with Crippen molar-refractivity contribution in [3.05, 3.63) is 0 Å². The van der Waals surface area contributed by atoms with Gasteiger partial charge in [0.25, 0.3) is 0 Å². The third-order valence-corrected chi connectivity index (χ3v) is 2.54. The minimum Gasteiger partial charge on any atom is -0.370 e. The van der Waals surface area contributed by atoms with Crippen LogP contribution in [0.3, 0.4) is 0 Å². The predicted molar refractivity (Wildman–Crippen MR) is 57.4 cm³/mol. The van der Waals surface area contributed by atoms with Gasteiger partial charge < -0.3 is 5.73 Å². The van der Waals surface area contributed by atoms with Gasteiger partial charge in [0.1, 0.15) is 5.92 Å². The van der Waals surface area contributed by atoms with E-state index in [1.807, 2.05) is 0 Å². The van der Waals surface area contributed by atoms with E-state index < -0.39 is 29.7 Å². The first kappa shape index (κ1) is 13.1. The minimum atomic E-state index is -0.888. The Balaban J connectivity index is 2.83. The summed E-state index contributed by atoms with van der Waals surface area (Å²) in [7, 11) is 0. The van der Waals surface area contributed by atoms with Crippen molar-refractivity contribution in [1.82, 2.24) is 10.2 Å². The van der Waals surface area contributed by atoms with Crippen molar-refractivity contribution in [1.29, 1.82) is 0 Å². The second-order valence-corrected chi connectivity index (χ2v) is 4.22. The van der Waals surface area contributed by atoms with Gasteiger partial charge in [0.2, 0.25) is 17.7 Å². The Hall–Kier alpha value is -1.92. The number of rotatable bonds is 4. The molecule has 0 aromatic rings. The highest BCUT2D eigenvalue weighted by Gasteiger charge is 2.41. The van der Waals surface area contributed by atoms with Crippen molar-refractivity contribution >= 4 is 23.8 Å². The number of nitrogens with zero attached hydrogens (tertiary/aromatic N) is 1. The third kappa shape index (κ3) is 2.80. The Morgan fingerprint density at radius 3 is 2.47 bits per heavy atom. The highest BCUT2D eigenvalue weighted by Crippen LogP contribution is 2.18. The molecule has 0 spiro atoms. The molecular weight excluding hydrogens is 226 g/mol. The Bertz CT molecular complexity index is 378. The monoisotopic (exact) mass is 241 g/mol. The van der Waals surface area contributed by atoms with Gasteiger partial charge in [0.15, 0.2) is 0 Å². The van der Waals surface area contributed by atoms with Crippen molar-refractivity contribution in [3.8, 4) is 0 Å². The molecular formula is C10H15N3O4. The molecule has 0 aromatic heterocycles. The molecule has 7 heteroatoms. The zero-order valence-corrected chi connectivity index (χ0v) is 9.73. The summed E-state index contributed by atoms with van der Waals surface area (Å²) in [6, 6.07) is -0.793. The van der Waals surface area contributed by atoms with Crippen LogP contribution in [0.1, 0.15) is 20.3 Å². The van der Waals surface area contributed by atoms with Crippen molar-refractivity contribution < 1.29 is 19.2 Å². The molecule has 1 saturated heterocycles. The predicted octanol–water partition coefficient (Wildman–Crippen LogP) is -0.788. The van der Waals surface area contributed by atoms with Crippen LogP contribution in [0, 0.1) is 11.8 Å². The maximum atomic E-state index is 11.9. The van der Waals surface area contributed by atoms with E-state index in [9.17, 15) is 19.2 Å². The molecule has 1 fully saturated rings. The van der Waals surface area contributed by atoms with Gasteiger partial charge in [-0.05, 0) is 5.92 Å². The van der Waals surface area contributed by atoms with E-state index in [4.69, 9.17) is 5.73 Å². The summed E-state index contributed by atoms with van der Waals surface area (Å²) in [5.74, 6) is -2.88. The third-order valence-electron chi connectivity index (χ3n) is 2.54. The number of carbonyl (C=O) groups is 4. The van der Waals surface area contributed by atoms with E-state index in [1.165, 1.54) is 0 Å². The van der Waals surface area contributed by atoms with Gasteiger partial charge in [-0.15, -0.1) is 0 Å². The second-order valence-electron chi connectivity index (χ2n) is 4.22. The molecule has 1 atom stereocenters. The minimum absolute atomic E-state index is 0.101. The van der Waals surface area contributed by atoms with Crippen molar-refractivity contribution in [2.24, 2.45) is 17.6 Å². The van der Waals surface area contributed by atoms with E-state index in [1.54, 1.807) is 13.8 Å². The molecule has 0 radical (unpaired) electrons. The summed E-state index contributed by atoms with van der Waals surface area (Å²) in [5, 5.41) is 2.09. The first-order valence-corrected chi connectivity index (χ1v) is 5.29. The first-order valence-electron chi connectivity index (χ1n) is 5.29. The number of amides is 5. The van der Waals surface area contributed by atoms with Gasteiger partial charge in [-0.2, -0.15) is 0 Å². The summed E-state index contributed by atoms with van der Waals surface area (Å²) in [6.07, 6.45) is -0.113. The zero-order chi connectivity index (χ0) is 13.2. The molecule has 1 aliphatic rings. The lowest BCUT2D eigenvalue weighted by Gasteiger charge is -2.31. The summed E-state index contributed by atoms with van der Waals surface area (Å²) in [6.45, 7) is 3.32. The lowest BCUT2D eigenvalue weighted by atomic mass is 9.92. The largest absolute Gasteiger partial charge is 0.370 e. The fourth-order valence-electron chi connectivity index (χ4n) is 1.65. The molecule has 5 amide bonds. The maximum Gasteiger partial charge on any atom is 0.330 e. The van der Waals surface area contributed by atoms with E-state index >= 15 is 0 Å². The number of primary amides is 1. The highest BCUT2D eigenvalue weighted by molar-refractivity contribution is 6.16. The quantitative estimate of drug-likeness (QED) is 0.628. The van der Waals surface area contributed by atoms with E-state index in [-0.39, 0.29) is 18.9 Å². The Kier molecular flexibility index (Phi) is 3.82.